The van der Waals surface area contributed by atoms with Crippen molar-refractivity contribution in [2.75, 3.05) is 24.7 Å². The average molecular weight is 673 g/mol. The molecule has 2 bridgehead atoms. The predicted molar refractivity (Wildman–Crippen MR) is 146 cm³/mol. The minimum absolute atomic E-state index is 0.124. The lowest BCUT2D eigenvalue weighted by Gasteiger charge is -2.25. The maximum atomic E-state index is 13.2. The van der Waals surface area contributed by atoms with Crippen LogP contribution >= 0.6 is 15.6 Å². The number of nitrogens with zero attached hydrogens (tertiary/aromatic N) is 6. The van der Waals surface area contributed by atoms with Crippen molar-refractivity contribution in [2.45, 2.75) is 49.1 Å². The fraction of sp³-hybridized carbons (Fsp3) is 0.476. The number of anilines is 2. The summed E-state index contributed by atoms with van der Waals surface area (Å²) in [6.45, 7) is -1.62. The van der Waals surface area contributed by atoms with Crippen LogP contribution in [0.1, 0.15) is 12.5 Å². The number of nitrogen functional groups attached to an aromatic ring is 2. The molecule has 22 nitrogen and oxygen atoms in total. The number of phosphoric ester groups is 2. The molecule has 4 aromatic heterocycles. The third-order valence-corrected chi connectivity index (χ3v) is 9.45. The topological polar surface area (TPSA) is 317 Å². The lowest BCUT2D eigenvalue weighted by molar-refractivity contribution is -0.0671. The maximum Gasteiger partial charge on any atom is 0.472 e. The Hall–Kier alpha value is -3.37. The number of phosphoric acid groups is 2. The van der Waals surface area contributed by atoms with Gasteiger partial charge in [-0.3, -0.25) is 32.4 Å². The highest BCUT2D eigenvalue weighted by atomic mass is 31.2. The van der Waals surface area contributed by atoms with E-state index in [2.05, 4.69) is 24.9 Å². The number of hydrogen-bond donors (Lipinski definition) is 7. The first kappa shape index (κ1) is 30.3. The van der Waals surface area contributed by atoms with Gasteiger partial charge in [0.05, 0.1) is 24.9 Å². The zero-order valence-electron chi connectivity index (χ0n) is 22.5. The molecular formula is C21H25N9O13P2. The van der Waals surface area contributed by atoms with E-state index in [-0.39, 0.29) is 28.6 Å². The molecule has 10 atom stereocenters. The molecule has 0 amide bonds. The second-order valence-electron chi connectivity index (χ2n) is 10.3. The highest BCUT2D eigenvalue weighted by molar-refractivity contribution is 7.47. The second kappa shape index (κ2) is 10.9. The first-order valence-corrected chi connectivity index (χ1v) is 16.1. The normalized spacial score (nSPS) is 37.7. The monoisotopic (exact) mass is 673 g/mol. The van der Waals surface area contributed by atoms with Crippen LogP contribution in [0, 0.1) is 0 Å². The Morgan fingerprint density at radius 3 is 2.33 bits per heavy atom. The molecule has 3 saturated heterocycles. The Balaban J connectivity index is 1.21. The molecule has 24 heteroatoms. The number of aromatic amines is 1. The van der Waals surface area contributed by atoms with Crippen LogP contribution in [0.15, 0.2) is 29.7 Å². The van der Waals surface area contributed by atoms with E-state index in [1.165, 1.54) is 17.1 Å². The van der Waals surface area contributed by atoms with Gasteiger partial charge in [0.25, 0.3) is 5.56 Å². The van der Waals surface area contributed by atoms with Gasteiger partial charge in [0.15, 0.2) is 23.6 Å². The summed E-state index contributed by atoms with van der Waals surface area (Å²) in [5, 5.41) is 22.6. The predicted octanol–water partition coefficient (Wildman–Crippen LogP) is -1.74. The van der Waals surface area contributed by atoms with Crippen LogP contribution in [0.25, 0.3) is 22.2 Å². The van der Waals surface area contributed by atoms with E-state index in [1.54, 1.807) is 6.07 Å². The molecule has 9 N–H and O–H groups in total. The molecule has 0 spiro atoms. The number of nitrogens with two attached hydrogens (primary N) is 2. The van der Waals surface area contributed by atoms with E-state index in [0.29, 0.717) is 5.39 Å². The van der Waals surface area contributed by atoms with Crippen LogP contribution in [0.5, 0.6) is 0 Å². The number of imidazole rings is 1. The minimum Gasteiger partial charge on any atom is -0.387 e. The molecule has 2 unspecified atom stereocenters. The van der Waals surface area contributed by atoms with E-state index in [0.717, 1.165) is 10.9 Å². The van der Waals surface area contributed by atoms with E-state index >= 15 is 0 Å². The minimum atomic E-state index is -5.10. The molecular weight excluding hydrogens is 648 g/mol. The molecule has 3 aliphatic heterocycles. The van der Waals surface area contributed by atoms with Crippen LogP contribution in [0.2, 0.25) is 0 Å². The van der Waals surface area contributed by atoms with Crippen molar-refractivity contribution in [3.63, 3.8) is 0 Å². The first-order valence-electron chi connectivity index (χ1n) is 13.1. The van der Waals surface area contributed by atoms with Gasteiger partial charge >= 0.3 is 15.6 Å². The van der Waals surface area contributed by atoms with Crippen LogP contribution in [-0.4, -0.2) is 104 Å². The number of rotatable bonds is 2. The van der Waals surface area contributed by atoms with Crippen molar-refractivity contribution in [1.29, 1.82) is 0 Å². The van der Waals surface area contributed by atoms with Gasteiger partial charge in [0.1, 0.15) is 54.4 Å². The molecule has 4 aromatic rings. The lowest BCUT2D eigenvalue weighted by atomic mass is 10.1. The van der Waals surface area contributed by atoms with Crippen molar-refractivity contribution in [2.24, 2.45) is 0 Å². The summed E-state index contributed by atoms with van der Waals surface area (Å²) in [5.74, 6) is -0.135. The van der Waals surface area contributed by atoms with Crippen molar-refractivity contribution in [3.05, 3.63) is 35.3 Å². The van der Waals surface area contributed by atoms with E-state index in [9.17, 15) is 33.9 Å². The van der Waals surface area contributed by atoms with Gasteiger partial charge in [0.2, 0.25) is 5.95 Å². The Bertz CT molecular complexity index is 1930. The zero-order valence-corrected chi connectivity index (χ0v) is 24.3. The summed E-state index contributed by atoms with van der Waals surface area (Å²) in [5.41, 5.74) is 10.8. The second-order valence-corrected chi connectivity index (χ2v) is 13.1. The molecule has 45 heavy (non-hydrogen) atoms. The molecule has 0 radical (unpaired) electrons. The molecule has 242 valence electrons. The summed E-state index contributed by atoms with van der Waals surface area (Å²) in [4.78, 5) is 51.8. The fourth-order valence-corrected chi connectivity index (χ4v) is 7.33. The van der Waals surface area contributed by atoms with E-state index in [4.69, 9.17) is 39.0 Å². The van der Waals surface area contributed by atoms with Gasteiger partial charge in [-0.25, -0.2) is 24.1 Å². The number of hydrogen-bond acceptors (Lipinski definition) is 17. The summed E-state index contributed by atoms with van der Waals surface area (Å²) in [6, 6.07) is 1.56. The van der Waals surface area contributed by atoms with Crippen molar-refractivity contribution in [3.8, 4) is 0 Å². The third-order valence-electron chi connectivity index (χ3n) is 7.47. The Kier molecular flexibility index (Phi) is 7.32. The summed E-state index contributed by atoms with van der Waals surface area (Å²) < 4.78 is 61.3. The van der Waals surface area contributed by atoms with Gasteiger partial charge < -0.3 is 45.5 Å². The van der Waals surface area contributed by atoms with Crippen molar-refractivity contribution >= 4 is 49.6 Å². The lowest BCUT2D eigenvalue weighted by Crippen LogP contribution is -2.36. The average Bonchev–Trinajstić information content (AvgIpc) is 3.72. The summed E-state index contributed by atoms with van der Waals surface area (Å²) in [7, 11) is -10.2. The van der Waals surface area contributed by atoms with Gasteiger partial charge in [0, 0.05) is 6.20 Å². The van der Waals surface area contributed by atoms with E-state index < -0.39 is 83.5 Å². The van der Waals surface area contributed by atoms with Crippen molar-refractivity contribution < 1.29 is 56.7 Å². The van der Waals surface area contributed by atoms with Crippen LogP contribution in [-0.2, 0) is 36.7 Å². The molecule has 0 aliphatic carbocycles. The molecule has 7 rings (SSSR count). The highest BCUT2D eigenvalue weighted by Crippen LogP contribution is 2.53. The molecule has 3 aliphatic rings. The quantitative estimate of drug-likeness (QED) is 0.116. The molecule has 0 saturated carbocycles. The van der Waals surface area contributed by atoms with Crippen LogP contribution in [0.3, 0.4) is 0 Å². The molecule has 0 aromatic carbocycles. The first-order chi connectivity index (χ1) is 21.3. The number of aliphatic hydroxyl groups is 2. The van der Waals surface area contributed by atoms with Gasteiger partial charge in [-0.15, -0.1) is 0 Å². The number of nitrogens with one attached hydrogen (secondary N) is 1. The van der Waals surface area contributed by atoms with Crippen molar-refractivity contribution in [1.82, 2.24) is 34.1 Å². The Morgan fingerprint density at radius 2 is 1.58 bits per heavy atom. The fourth-order valence-electron chi connectivity index (χ4n) is 5.44. The number of ether oxygens (including phenoxy) is 2. The summed E-state index contributed by atoms with van der Waals surface area (Å²) in [6.07, 6.45) is -8.73. The van der Waals surface area contributed by atoms with E-state index in [1.807, 2.05) is 0 Å². The number of aliphatic hydroxyl groups excluding tert-OH is 2. The zero-order chi connectivity index (χ0) is 31.8. The molecule has 7 heterocycles. The highest BCUT2D eigenvalue weighted by Gasteiger charge is 2.53. The van der Waals surface area contributed by atoms with Gasteiger partial charge in [-0.1, -0.05) is 0 Å². The van der Waals surface area contributed by atoms with Crippen LogP contribution in [0.4, 0.5) is 11.8 Å². The number of H-pyrrole nitrogens is 1. The Labute approximate surface area is 249 Å². The van der Waals surface area contributed by atoms with Gasteiger partial charge in [-0.2, -0.15) is 4.98 Å². The smallest absolute Gasteiger partial charge is 0.387 e. The SMILES string of the molecule is Nc1nc2c(ncn2[C@@H]2O[C@@H]3COP(=O)(O)O[C@H]4[C@@H](O)[C@H](n5ccc6c(N)ncnc65)O[C@@H]4COP(=O)(O)O[C@@H]2[C@@H]3O)c(=O)[nH]1. The summed E-state index contributed by atoms with van der Waals surface area (Å²) >= 11 is 0. The standard InChI is InChI=1S/C21H25N9O13P2/c22-15-7-1-2-29(16(7)25-5-24-15)19-12(32)13-9(41-19)4-39-45(36,37)43-14-11(31)8(3-38-44(34,35)42-13)40-20(14)30-6-26-10-17(30)27-21(23)28-18(10)33/h1-2,5-6,8-9,11-14,19-20,31-32H,3-4H2,(H,34,35)(H,36,37)(H2,22,24,25)(H3,23,27,28,33)/t8-,9-,11-,12-,13-,14-,19-,20-/m1/s1. The maximum absolute atomic E-state index is 13.2. The Morgan fingerprint density at radius 1 is 0.889 bits per heavy atom. The van der Waals surface area contributed by atoms with Gasteiger partial charge in [-0.05, 0) is 6.07 Å². The number of aromatic nitrogens is 7. The number of fused-ring (bicyclic) bond motifs is 5. The largest absolute Gasteiger partial charge is 0.472 e. The molecule has 3 fully saturated rings. The third kappa shape index (κ3) is 5.33. The van der Waals surface area contributed by atoms with Crippen LogP contribution < -0.4 is 17.0 Å².